The van der Waals surface area contributed by atoms with Crippen molar-refractivity contribution in [1.29, 1.82) is 0 Å². The summed E-state index contributed by atoms with van der Waals surface area (Å²) < 4.78 is 0. The maximum Gasteiger partial charge on any atom is 0.286 e. The number of unbranched alkanes of at least 4 members (excludes halogenated alkanes) is 2. The topological polar surface area (TPSA) is 46.2 Å². The minimum Gasteiger partial charge on any atom is -0.286 e. The molecule has 1 aliphatic rings. The van der Waals surface area contributed by atoms with Crippen LogP contribution in [-0.4, -0.2) is 16.4 Å². The Morgan fingerprint density at radius 3 is 1.96 bits per heavy atom. The molecule has 2 amide bonds. The molecule has 136 valence electrons. The van der Waals surface area contributed by atoms with E-state index in [0.717, 1.165) is 56.7 Å². The number of carbonyl (C=O) groups excluding carboxylic acids is 2. The Bertz CT molecular complexity index is 728. The number of nitrogens with one attached hydrogen (secondary N) is 1. The highest BCUT2D eigenvalue weighted by Crippen LogP contribution is 2.24. The molecule has 1 fully saturated rings. The number of amides is 2. The van der Waals surface area contributed by atoms with Gasteiger partial charge in [0.1, 0.15) is 0 Å². The van der Waals surface area contributed by atoms with E-state index in [-0.39, 0.29) is 16.4 Å². The summed E-state index contributed by atoms with van der Waals surface area (Å²) in [6.07, 6.45) is 7.22. The molecule has 0 saturated carbocycles. The van der Waals surface area contributed by atoms with Crippen molar-refractivity contribution in [3.8, 4) is 0 Å². The zero-order chi connectivity index (χ0) is 18.2. The van der Waals surface area contributed by atoms with Crippen molar-refractivity contribution in [2.75, 3.05) is 0 Å². The van der Waals surface area contributed by atoms with Crippen LogP contribution < -0.4 is 5.32 Å². The Morgan fingerprint density at radius 2 is 1.35 bits per heavy atom. The third-order valence-corrected chi connectivity index (χ3v) is 5.82. The summed E-state index contributed by atoms with van der Waals surface area (Å²) >= 11 is 1.13. The van der Waals surface area contributed by atoms with E-state index in [0.29, 0.717) is 0 Å². The number of carbonyl (C=O) groups is 2. The molecule has 1 atom stereocenters. The first-order valence-electron chi connectivity index (χ1n) is 9.34. The first kappa shape index (κ1) is 18.7. The molecule has 4 heteroatoms. The molecule has 2 aromatic rings. The van der Waals surface area contributed by atoms with E-state index in [9.17, 15) is 9.59 Å². The standard InChI is InChI=1S/C22H25NO2S/c24-21-20(26-22(25)23-21)10-6-2-5-9-18-12-15-19(16-13-18)14-11-17-7-3-1-4-8-17/h1,3-4,7-8,12-13,15-16,20H,2,5-6,9-11,14H2,(H,23,24,25). The number of imide groups is 1. The predicted molar refractivity (Wildman–Crippen MR) is 107 cm³/mol. The summed E-state index contributed by atoms with van der Waals surface area (Å²) in [5.74, 6) is -0.119. The van der Waals surface area contributed by atoms with Crippen molar-refractivity contribution in [1.82, 2.24) is 5.32 Å². The summed E-state index contributed by atoms with van der Waals surface area (Å²) in [6, 6.07) is 19.5. The Kier molecular flexibility index (Phi) is 6.89. The van der Waals surface area contributed by atoms with E-state index in [1.807, 2.05) is 0 Å². The summed E-state index contributed by atoms with van der Waals surface area (Å²) in [5.41, 5.74) is 4.13. The van der Waals surface area contributed by atoms with E-state index in [1.165, 1.54) is 16.7 Å². The minimum atomic E-state index is -0.202. The SMILES string of the molecule is O=C1NC(=O)C(CCCCCc2ccc(CCc3ccccc3)cc2)S1. The molecule has 0 radical (unpaired) electrons. The van der Waals surface area contributed by atoms with E-state index < -0.39 is 0 Å². The number of aryl methyl sites for hydroxylation is 3. The smallest absolute Gasteiger partial charge is 0.286 e. The van der Waals surface area contributed by atoms with Crippen LogP contribution in [0.15, 0.2) is 54.6 Å². The average Bonchev–Trinajstić information content (AvgIpc) is 2.99. The van der Waals surface area contributed by atoms with Gasteiger partial charge >= 0.3 is 0 Å². The third-order valence-electron chi connectivity index (χ3n) is 4.77. The van der Waals surface area contributed by atoms with Gasteiger partial charge in [-0.15, -0.1) is 0 Å². The van der Waals surface area contributed by atoms with Gasteiger partial charge < -0.3 is 0 Å². The zero-order valence-electron chi connectivity index (χ0n) is 14.9. The highest BCUT2D eigenvalue weighted by atomic mass is 32.2. The number of hydrogen-bond donors (Lipinski definition) is 1. The molecule has 3 rings (SSSR count). The molecular weight excluding hydrogens is 342 g/mol. The van der Waals surface area contributed by atoms with Crippen LogP contribution in [-0.2, 0) is 24.1 Å². The van der Waals surface area contributed by atoms with Crippen molar-refractivity contribution in [2.45, 2.75) is 50.2 Å². The average molecular weight is 368 g/mol. The lowest BCUT2D eigenvalue weighted by atomic mass is 10.0. The second kappa shape index (κ2) is 9.58. The fraction of sp³-hybridized carbons (Fsp3) is 0.364. The maximum absolute atomic E-state index is 11.5. The van der Waals surface area contributed by atoms with Crippen molar-refractivity contribution in [3.05, 3.63) is 71.3 Å². The van der Waals surface area contributed by atoms with Gasteiger partial charge in [-0.05, 0) is 48.8 Å². The molecular formula is C22H25NO2S. The lowest BCUT2D eigenvalue weighted by Gasteiger charge is -2.06. The molecule has 1 heterocycles. The fourth-order valence-electron chi connectivity index (χ4n) is 3.22. The molecule has 0 aliphatic carbocycles. The normalized spacial score (nSPS) is 16.7. The molecule has 26 heavy (non-hydrogen) atoms. The molecule has 1 N–H and O–H groups in total. The van der Waals surface area contributed by atoms with Gasteiger partial charge in [-0.2, -0.15) is 0 Å². The van der Waals surface area contributed by atoms with Gasteiger partial charge in [0.25, 0.3) is 5.24 Å². The quantitative estimate of drug-likeness (QED) is 0.640. The van der Waals surface area contributed by atoms with Crippen LogP contribution in [0.25, 0.3) is 0 Å². The molecule has 0 spiro atoms. The second-order valence-corrected chi connectivity index (χ2v) is 7.96. The van der Waals surface area contributed by atoms with Gasteiger partial charge in [0, 0.05) is 0 Å². The molecule has 1 unspecified atom stereocenters. The Morgan fingerprint density at radius 1 is 0.731 bits per heavy atom. The molecule has 0 bridgehead atoms. The first-order chi connectivity index (χ1) is 12.7. The van der Waals surface area contributed by atoms with Gasteiger partial charge in [-0.3, -0.25) is 14.9 Å². The Labute approximate surface area is 159 Å². The van der Waals surface area contributed by atoms with Crippen molar-refractivity contribution >= 4 is 22.9 Å². The van der Waals surface area contributed by atoms with E-state index in [4.69, 9.17) is 0 Å². The highest BCUT2D eigenvalue weighted by molar-refractivity contribution is 8.15. The summed E-state index contributed by atoms with van der Waals surface area (Å²) in [6.45, 7) is 0. The highest BCUT2D eigenvalue weighted by Gasteiger charge is 2.30. The predicted octanol–water partition coefficient (Wildman–Crippen LogP) is 4.93. The van der Waals surface area contributed by atoms with Gasteiger partial charge in [0.05, 0.1) is 5.25 Å². The molecule has 1 saturated heterocycles. The number of hydrogen-bond acceptors (Lipinski definition) is 3. The fourth-order valence-corrected chi connectivity index (χ4v) is 4.09. The monoisotopic (exact) mass is 367 g/mol. The summed E-state index contributed by atoms with van der Waals surface area (Å²) in [5, 5.41) is 1.97. The Balaban J connectivity index is 1.33. The van der Waals surface area contributed by atoms with Gasteiger partial charge in [0.15, 0.2) is 0 Å². The van der Waals surface area contributed by atoms with E-state index in [1.54, 1.807) is 0 Å². The van der Waals surface area contributed by atoms with Crippen LogP contribution in [0.1, 0.15) is 42.4 Å². The van der Waals surface area contributed by atoms with Crippen molar-refractivity contribution in [3.63, 3.8) is 0 Å². The van der Waals surface area contributed by atoms with Crippen LogP contribution >= 0.6 is 11.8 Å². The maximum atomic E-state index is 11.5. The molecule has 2 aromatic carbocycles. The minimum absolute atomic E-state index is 0.119. The first-order valence-corrected chi connectivity index (χ1v) is 10.2. The molecule has 1 aliphatic heterocycles. The van der Waals surface area contributed by atoms with Crippen molar-refractivity contribution < 1.29 is 9.59 Å². The second-order valence-electron chi connectivity index (χ2n) is 6.78. The number of benzene rings is 2. The number of rotatable bonds is 9. The summed E-state index contributed by atoms with van der Waals surface area (Å²) in [4.78, 5) is 22.6. The van der Waals surface area contributed by atoms with Crippen molar-refractivity contribution in [2.24, 2.45) is 0 Å². The zero-order valence-corrected chi connectivity index (χ0v) is 15.8. The summed E-state index contributed by atoms with van der Waals surface area (Å²) in [7, 11) is 0. The number of thioether (sulfide) groups is 1. The van der Waals surface area contributed by atoms with Gasteiger partial charge in [-0.1, -0.05) is 79.2 Å². The van der Waals surface area contributed by atoms with E-state index >= 15 is 0 Å². The molecule has 3 nitrogen and oxygen atoms in total. The van der Waals surface area contributed by atoms with Crippen LogP contribution in [0.3, 0.4) is 0 Å². The Hall–Kier alpha value is -2.07. The van der Waals surface area contributed by atoms with Crippen LogP contribution in [0.2, 0.25) is 0 Å². The lowest BCUT2D eigenvalue weighted by Crippen LogP contribution is -2.24. The van der Waals surface area contributed by atoms with Gasteiger partial charge in [-0.25, -0.2) is 0 Å². The largest absolute Gasteiger partial charge is 0.286 e. The third kappa shape index (κ3) is 5.73. The lowest BCUT2D eigenvalue weighted by molar-refractivity contribution is -0.119. The van der Waals surface area contributed by atoms with Crippen LogP contribution in [0.4, 0.5) is 4.79 Å². The van der Waals surface area contributed by atoms with E-state index in [2.05, 4.69) is 59.9 Å². The molecule has 0 aromatic heterocycles. The van der Waals surface area contributed by atoms with Crippen LogP contribution in [0.5, 0.6) is 0 Å². The van der Waals surface area contributed by atoms with Crippen LogP contribution in [0, 0.1) is 0 Å². The van der Waals surface area contributed by atoms with Gasteiger partial charge in [0.2, 0.25) is 5.91 Å².